The van der Waals surface area contributed by atoms with Crippen LogP contribution in [-0.4, -0.2) is 19.3 Å². The molecule has 1 fully saturated rings. The first kappa shape index (κ1) is 9.49. The fourth-order valence-electron chi connectivity index (χ4n) is 0.920. The smallest absolute Gasteiger partial charge is 0.120 e. The van der Waals surface area contributed by atoms with E-state index < -0.39 is 0 Å². The van der Waals surface area contributed by atoms with Gasteiger partial charge in [0.2, 0.25) is 0 Å². The quantitative estimate of drug-likeness (QED) is 0.801. The third-order valence-electron chi connectivity index (χ3n) is 1.73. The normalized spacial score (nSPS) is 20.0. The number of rotatable bonds is 3. The molecule has 0 saturated carbocycles. The summed E-state index contributed by atoms with van der Waals surface area (Å²) >= 11 is 6.81. The molecule has 1 aromatic rings. The van der Waals surface area contributed by atoms with E-state index in [1.807, 2.05) is 18.2 Å². The van der Waals surface area contributed by atoms with Gasteiger partial charge < -0.3 is 9.47 Å². The Kier molecular flexibility index (Phi) is 2.91. The molecule has 2 rings (SSSR count). The summed E-state index contributed by atoms with van der Waals surface area (Å²) in [5, 5.41) is 0. The van der Waals surface area contributed by atoms with Crippen LogP contribution in [0.2, 0.25) is 0 Å². The van der Waals surface area contributed by atoms with Gasteiger partial charge >= 0.3 is 0 Å². The second-order valence-electron chi connectivity index (χ2n) is 2.84. The molecule has 1 aliphatic rings. The molecule has 13 heavy (non-hydrogen) atoms. The molecule has 0 radical (unpaired) electrons. The maximum Gasteiger partial charge on any atom is 0.120 e. The van der Waals surface area contributed by atoms with E-state index in [9.17, 15) is 0 Å². The molecular weight excluding hydrogens is 300 g/mol. The van der Waals surface area contributed by atoms with Crippen molar-refractivity contribution in [1.82, 2.24) is 0 Å². The van der Waals surface area contributed by atoms with E-state index in [1.165, 1.54) is 0 Å². The van der Waals surface area contributed by atoms with Gasteiger partial charge in [-0.1, -0.05) is 0 Å². The third-order valence-corrected chi connectivity index (χ3v) is 3.61. The van der Waals surface area contributed by atoms with Gasteiger partial charge in [0.05, 0.1) is 6.61 Å². The molecule has 0 aromatic heterocycles. The van der Waals surface area contributed by atoms with Crippen molar-refractivity contribution in [2.75, 3.05) is 13.2 Å². The van der Waals surface area contributed by atoms with Crippen molar-refractivity contribution in [3.63, 3.8) is 0 Å². The summed E-state index contributed by atoms with van der Waals surface area (Å²) in [7, 11) is 0. The second-order valence-corrected chi connectivity index (χ2v) is 4.55. The molecule has 1 aliphatic heterocycles. The van der Waals surface area contributed by atoms with Gasteiger partial charge in [-0.3, -0.25) is 0 Å². The molecule has 2 nitrogen and oxygen atoms in total. The van der Waals surface area contributed by atoms with Crippen LogP contribution >= 0.6 is 31.9 Å². The molecule has 4 heteroatoms. The Bertz CT molecular complexity index is 310. The molecule has 1 unspecified atom stereocenters. The van der Waals surface area contributed by atoms with Crippen molar-refractivity contribution >= 4 is 31.9 Å². The van der Waals surface area contributed by atoms with E-state index in [-0.39, 0.29) is 0 Å². The molecule has 1 atom stereocenters. The number of benzene rings is 1. The summed E-state index contributed by atoms with van der Waals surface area (Å²) in [5.41, 5.74) is 0. The van der Waals surface area contributed by atoms with Crippen LogP contribution in [-0.2, 0) is 4.74 Å². The molecule has 0 bridgehead atoms. The summed E-state index contributed by atoms with van der Waals surface area (Å²) in [6.45, 7) is 1.48. The van der Waals surface area contributed by atoms with Gasteiger partial charge in [-0.15, -0.1) is 0 Å². The van der Waals surface area contributed by atoms with Gasteiger partial charge in [0.25, 0.3) is 0 Å². The highest BCUT2D eigenvalue weighted by Crippen LogP contribution is 2.27. The second kappa shape index (κ2) is 3.98. The molecule has 1 aromatic carbocycles. The zero-order valence-corrected chi connectivity index (χ0v) is 9.97. The fourth-order valence-corrected chi connectivity index (χ4v) is 1.52. The van der Waals surface area contributed by atoms with E-state index in [4.69, 9.17) is 9.47 Å². The minimum atomic E-state index is 0.308. The van der Waals surface area contributed by atoms with Crippen LogP contribution in [0.15, 0.2) is 27.1 Å². The van der Waals surface area contributed by atoms with E-state index in [2.05, 4.69) is 31.9 Å². The van der Waals surface area contributed by atoms with Crippen molar-refractivity contribution in [1.29, 1.82) is 0 Å². The molecular formula is C9H8Br2O2. The lowest BCUT2D eigenvalue weighted by Crippen LogP contribution is -2.03. The van der Waals surface area contributed by atoms with Crippen LogP contribution in [0.3, 0.4) is 0 Å². The monoisotopic (exact) mass is 306 g/mol. The predicted octanol–water partition coefficient (Wildman–Crippen LogP) is 2.99. The Labute approximate surface area is 93.5 Å². The minimum absolute atomic E-state index is 0.308. The van der Waals surface area contributed by atoms with Crippen molar-refractivity contribution in [3.05, 3.63) is 27.1 Å². The molecule has 0 amide bonds. The summed E-state index contributed by atoms with van der Waals surface area (Å²) in [5.74, 6) is 0.866. The van der Waals surface area contributed by atoms with Crippen molar-refractivity contribution < 1.29 is 9.47 Å². The van der Waals surface area contributed by atoms with Crippen LogP contribution in [0.5, 0.6) is 5.75 Å². The Hall–Kier alpha value is -0.0600. The predicted molar refractivity (Wildman–Crippen MR) is 57.1 cm³/mol. The van der Waals surface area contributed by atoms with Crippen molar-refractivity contribution in [2.45, 2.75) is 6.10 Å². The first-order chi connectivity index (χ1) is 6.25. The van der Waals surface area contributed by atoms with Crippen molar-refractivity contribution in [3.8, 4) is 5.75 Å². The Morgan fingerprint density at radius 1 is 1.38 bits per heavy atom. The highest BCUT2D eigenvalue weighted by Gasteiger charge is 2.22. The number of halogens is 2. The molecule has 0 N–H and O–H groups in total. The maximum atomic E-state index is 5.49. The van der Waals surface area contributed by atoms with Crippen LogP contribution in [0, 0.1) is 0 Å². The van der Waals surface area contributed by atoms with Crippen LogP contribution in [0.25, 0.3) is 0 Å². The van der Waals surface area contributed by atoms with Gasteiger partial charge in [-0.05, 0) is 50.1 Å². The Balaban J connectivity index is 1.98. The Morgan fingerprint density at radius 2 is 2.15 bits per heavy atom. The maximum absolute atomic E-state index is 5.49. The minimum Gasteiger partial charge on any atom is -0.491 e. The molecule has 70 valence electrons. The van der Waals surface area contributed by atoms with Gasteiger partial charge in [0.1, 0.15) is 18.5 Å². The zero-order valence-electron chi connectivity index (χ0n) is 6.80. The average Bonchev–Trinajstić information content (AvgIpc) is 2.91. The Morgan fingerprint density at radius 3 is 2.77 bits per heavy atom. The summed E-state index contributed by atoms with van der Waals surface area (Å²) in [6, 6.07) is 5.82. The van der Waals surface area contributed by atoms with Gasteiger partial charge in [-0.2, -0.15) is 0 Å². The zero-order chi connectivity index (χ0) is 9.26. The number of ether oxygens (including phenoxy) is 2. The average molecular weight is 308 g/mol. The fraction of sp³-hybridized carbons (Fsp3) is 0.333. The summed E-state index contributed by atoms with van der Waals surface area (Å²) in [6.07, 6.45) is 0.308. The van der Waals surface area contributed by atoms with Gasteiger partial charge in [0, 0.05) is 8.95 Å². The van der Waals surface area contributed by atoms with Crippen LogP contribution in [0.1, 0.15) is 0 Å². The van der Waals surface area contributed by atoms with Crippen molar-refractivity contribution in [2.24, 2.45) is 0 Å². The first-order valence-electron chi connectivity index (χ1n) is 3.95. The number of hydrogen-bond acceptors (Lipinski definition) is 2. The van der Waals surface area contributed by atoms with E-state index >= 15 is 0 Å². The standard InChI is InChI=1S/C9H8Br2O2/c10-8-2-1-6(3-9(8)11)12-4-7-5-13-7/h1-3,7H,4-5H2. The molecule has 0 aliphatic carbocycles. The highest BCUT2D eigenvalue weighted by atomic mass is 79.9. The summed E-state index contributed by atoms with van der Waals surface area (Å²) < 4.78 is 12.6. The molecule has 0 spiro atoms. The molecule has 1 heterocycles. The van der Waals surface area contributed by atoms with E-state index in [0.29, 0.717) is 12.7 Å². The van der Waals surface area contributed by atoms with Crippen LogP contribution < -0.4 is 4.74 Å². The largest absolute Gasteiger partial charge is 0.491 e. The third kappa shape index (κ3) is 2.69. The van der Waals surface area contributed by atoms with Crippen LogP contribution in [0.4, 0.5) is 0 Å². The summed E-state index contributed by atoms with van der Waals surface area (Å²) in [4.78, 5) is 0. The SMILES string of the molecule is Brc1ccc(OCC2CO2)cc1Br. The highest BCUT2D eigenvalue weighted by molar-refractivity contribution is 9.13. The lowest BCUT2D eigenvalue weighted by molar-refractivity contribution is 0.263. The topological polar surface area (TPSA) is 21.8 Å². The van der Waals surface area contributed by atoms with Gasteiger partial charge in [0.15, 0.2) is 0 Å². The molecule has 1 saturated heterocycles. The van der Waals surface area contributed by atoms with E-state index in [1.54, 1.807) is 0 Å². The van der Waals surface area contributed by atoms with E-state index in [0.717, 1.165) is 21.3 Å². The number of epoxide rings is 1. The lowest BCUT2D eigenvalue weighted by Gasteiger charge is -2.04. The number of hydrogen-bond donors (Lipinski definition) is 0. The first-order valence-corrected chi connectivity index (χ1v) is 5.54. The van der Waals surface area contributed by atoms with Gasteiger partial charge in [-0.25, -0.2) is 0 Å². The lowest BCUT2D eigenvalue weighted by atomic mass is 10.3.